The summed E-state index contributed by atoms with van der Waals surface area (Å²) in [5.41, 5.74) is 3.79. The Balaban J connectivity index is 1.82. The summed E-state index contributed by atoms with van der Waals surface area (Å²) in [4.78, 5) is 4.44. The second-order valence-electron chi connectivity index (χ2n) is 5.50. The first-order valence-electron chi connectivity index (χ1n) is 7.46. The molecule has 1 aliphatic rings. The summed E-state index contributed by atoms with van der Waals surface area (Å²) in [6, 6.07) is 5.52. The maximum absolute atomic E-state index is 6.13. The van der Waals surface area contributed by atoms with E-state index in [4.69, 9.17) is 23.2 Å². The smallest absolute Gasteiger partial charge is 0.225 e. The van der Waals surface area contributed by atoms with E-state index >= 15 is 0 Å². The van der Waals surface area contributed by atoms with Gasteiger partial charge in [-0.15, -0.1) is 10.2 Å². The minimum absolute atomic E-state index is 0.475. The molecule has 0 aliphatic carbocycles. The Bertz CT molecular complexity index is 879. The number of rotatable bonds is 3. The molecular weight excluding hydrogens is 349 g/mol. The molecule has 1 N–H and O–H groups in total. The van der Waals surface area contributed by atoms with Crippen LogP contribution in [0.5, 0.6) is 0 Å². The molecule has 0 amide bonds. The van der Waals surface area contributed by atoms with Gasteiger partial charge < -0.3 is 0 Å². The maximum atomic E-state index is 6.13. The molecule has 0 saturated carbocycles. The maximum Gasteiger partial charge on any atom is 0.225 e. The van der Waals surface area contributed by atoms with Crippen molar-refractivity contribution in [3.63, 3.8) is 0 Å². The molecule has 4 rings (SSSR count). The summed E-state index contributed by atoms with van der Waals surface area (Å²) in [6.45, 7) is 1.36. The summed E-state index contributed by atoms with van der Waals surface area (Å²) in [7, 11) is 0. The van der Waals surface area contributed by atoms with Crippen LogP contribution in [0.3, 0.4) is 0 Å². The summed E-state index contributed by atoms with van der Waals surface area (Å²) >= 11 is 12.3. The molecule has 3 aromatic rings. The average Bonchev–Trinajstić information content (AvgIpc) is 3.10. The Hall–Kier alpha value is -2.25. The number of aromatic nitrogens is 6. The van der Waals surface area contributed by atoms with Gasteiger partial charge in [-0.3, -0.25) is 9.67 Å². The highest BCUT2D eigenvalue weighted by molar-refractivity contribution is 6.34. The second kappa shape index (κ2) is 6.33. The molecule has 2 aromatic heterocycles. The van der Waals surface area contributed by atoms with Crippen LogP contribution in [0.4, 0.5) is 0 Å². The second-order valence-corrected chi connectivity index (χ2v) is 6.37. The number of nitrogens with one attached hydrogen (secondary N) is 1. The molecule has 0 unspecified atom stereocenters. The highest BCUT2D eigenvalue weighted by atomic mass is 35.5. The van der Waals surface area contributed by atoms with Crippen molar-refractivity contribution in [2.24, 2.45) is 4.99 Å². The number of H-pyrrole nitrogens is 1. The normalized spacial score (nSPS) is 13.8. The van der Waals surface area contributed by atoms with Crippen molar-refractivity contribution in [3.05, 3.63) is 45.1 Å². The van der Waals surface area contributed by atoms with Gasteiger partial charge in [0.05, 0.1) is 12.2 Å². The highest BCUT2D eigenvalue weighted by Gasteiger charge is 2.22. The highest BCUT2D eigenvalue weighted by Crippen LogP contribution is 2.29. The molecule has 0 bridgehead atoms. The third kappa shape index (κ3) is 2.92. The number of halogens is 2. The van der Waals surface area contributed by atoms with Crippen LogP contribution in [0.1, 0.15) is 23.2 Å². The van der Waals surface area contributed by atoms with Crippen molar-refractivity contribution < 1.29 is 0 Å². The van der Waals surface area contributed by atoms with Crippen molar-refractivity contribution in [1.82, 2.24) is 30.4 Å². The Labute approximate surface area is 147 Å². The number of nitrogens with zero attached hydrogens (tertiary/aromatic N) is 6. The Morgan fingerprint density at radius 1 is 1.17 bits per heavy atom. The van der Waals surface area contributed by atoms with Crippen LogP contribution in [0.2, 0.25) is 10.0 Å². The number of fused-ring (bicyclic) bond motifs is 1. The molecule has 1 aromatic carbocycles. The fourth-order valence-electron chi connectivity index (χ4n) is 2.86. The Morgan fingerprint density at radius 3 is 2.75 bits per heavy atom. The van der Waals surface area contributed by atoms with E-state index in [9.17, 15) is 0 Å². The van der Waals surface area contributed by atoms with E-state index in [-0.39, 0.29) is 0 Å². The van der Waals surface area contributed by atoms with Crippen molar-refractivity contribution >= 4 is 29.4 Å². The Kier molecular flexibility index (Phi) is 4.03. The molecule has 0 spiro atoms. The van der Waals surface area contributed by atoms with Crippen LogP contribution >= 0.6 is 23.2 Å². The minimum atomic E-state index is 0.475. The van der Waals surface area contributed by atoms with Gasteiger partial charge in [-0.25, -0.2) is 0 Å². The summed E-state index contributed by atoms with van der Waals surface area (Å²) in [5, 5.41) is 20.2. The van der Waals surface area contributed by atoms with E-state index in [1.165, 1.54) is 0 Å². The third-order valence-corrected chi connectivity index (χ3v) is 4.30. The van der Waals surface area contributed by atoms with E-state index in [2.05, 4.69) is 30.7 Å². The fraction of sp³-hybridized carbons (Fsp3) is 0.267. The van der Waals surface area contributed by atoms with E-state index in [1.807, 2.05) is 23.0 Å². The van der Waals surface area contributed by atoms with Gasteiger partial charge >= 0.3 is 0 Å². The van der Waals surface area contributed by atoms with Gasteiger partial charge in [-0.2, -0.15) is 10.3 Å². The molecular formula is C15H13Cl2N7. The number of aryl methyl sites for hydroxylation is 1. The molecule has 3 heterocycles. The average molecular weight is 362 g/mol. The molecule has 0 saturated heterocycles. The lowest BCUT2D eigenvalue weighted by molar-refractivity contribution is 0.615. The zero-order valence-electron chi connectivity index (χ0n) is 12.6. The number of hydrogen-bond acceptors (Lipinski definition) is 5. The molecule has 0 atom stereocenters. The number of hydrogen-bond donors (Lipinski definition) is 1. The van der Waals surface area contributed by atoms with E-state index < -0.39 is 0 Å². The molecule has 0 radical (unpaired) electrons. The SMILES string of the molecule is Clc1cc(Cl)cc(Cc2c(-c3nn[nH]n3)nn3c2CN=CCC3)c1. The monoisotopic (exact) mass is 361 g/mol. The molecule has 24 heavy (non-hydrogen) atoms. The first-order valence-corrected chi connectivity index (χ1v) is 8.22. The van der Waals surface area contributed by atoms with Gasteiger partial charge in [0.25, 0.3) is 0 Å². The van der Waals surface area contributed by atoms with Crippen LogP contribution in [-0.4, -0.2) is 36.6 Å². The standard InChI is InChI=1S/C15H13Cl2N7/c16-10-4-9(5-11(17)7-10)6-12-13-8-18-2-1-3-24(13)21-14(12)15-19-22-23-20-15/h2,4-5,7H,1,3,6,8H2,(H,19,20,22,23). The van der Waals surface area contributed by atoms with Crippen LogP contribution in [-0.2, 0) is 19.5 Å². The van der Waals surface area contributed by atoms with Crippen LogP contribution in [0.25, 0.3) is 11.5 Å². The first-order chi connectivity index (χ1) is 11.7. The quantitative estimate of drug-likeness (QED) is 0.776. The van der Waals surface area contributed by atoms with Crippen LogP contribution in [0.15, 0.2) is 23.2 Å². The molecule has 9 heteroatoms. The topological polar surface area (TPSA) is 84.6 Å². The van der Waals surface area contributed by atoms with Gasteiger partial charge in [-0.05, 0) is 29.0 Å². The fourth-order valence-corrected chi connectivity index (χ4v) is 3.43. The molecule has 122 valence electrons. The van der Waals surface area contributed by atoms with E-state index in [1.54, 1.807) is 6.07 Å². The lowest BCUT2D eigenvalue weighted by atomic mass is 10.0. The lowest BCUT2D eigenvalue weighted by Crippen LogP contribution is -2.03. The summed E-state index contributed by atoms with van der Waals surface area (Å²) < 4.78 is 1.97. The van der Waals surface area contributed by atoms with Gasteiger partial charge in [0.15, 0.2) is 0 Å². The van der Waals surface area contributed by atoms with Crippen LogP contribution < -0.4 is 0 Å². The van der Waals surface area contributed by atoms with Crippen molar-refractivity contribution in [2.75, 3.05) is 0 Å². The van der Waals surface area contributed by atoms with Gasteiger partial charge in [0, 0.05) is 41.2 Å². The van der Waals surface area contributed by atoms with Gasteiger partial charge in [0.1, 0.15) is 5.69 Å². The van der Waals surface area contributed by atoms with Crippen molar-refractivity contribution in [3.8, 4) is 11.5 Å². The summed E-state index contributed by atoms with van der Waals surface area (Å²) in [5.74, 6) is 0.475. The molecule has 7 nitrogen and oxygen atoms in total. The van der Waals surface area contributed by atoms with Gasteiger partial charge in [-0.1, -0.05) is 23.2 Å². The van der Waals surface area contributed by atoms with Gasteiger partial charge in [0.2, 0.25) is 5.82 Å². The number of benzene rings is 1. The minimum Gasteiger partial charge on any atom is -0.291 e. The van der Waals surface area contributed by atoms with Crippen molar-refractivity contribution in [2.45, 2.75) is 25.9 Å². The van der Waals surface area contributed by atoms with E-state index in [0.29, 0.717) is 34.5 Å². The predicted octanol–water partition coefficient (Wildman–Crippen LogP) is 2.94. The molecule has 1 aliphatic heterocycles. The molecule has 0 fully saturated rings. The third-order valence-electron chi connectivity index (χ3n) is 3.87. The zero-order valence-corrected chi connectivity index (χ0v) is 14.1. The zero-order chi connectivity index (χ0) is 16.5. The number of aromatic amines is 1. The predicted molar refractivity (Wildman–Crippen MR) is 91.5 cm³/mol. The van der Waals surface area contributed by atoms with E-state index in [0.717, 1.165) is 29.8 Å². The first kappa shape index (κ1) is 15.3. The van der Waals surface area contributed by atoms with Crippen molar-refractivity contribution in [1.29, 1.82) is 0 Å². The summed E-state index contributed by atoms with van der Waals surface area (Å²) in [6.07, 6.45) is 3.40. The van der Waals surface area contributed by atoms with Crippen LogP contribution in [0, 0.1) is 0 Å². The Morgan fingerprint density at radius 2 is 2.00 bits per heavy atom. The lowest BCUT2D eigenvalue weighted by Gasteiger charge is -2.06. The number of aliphatic imine (C=N–C) groups is 1. The number of tetrazole rings is 1. The largest absolute Gasteiger partial charge is 0.291 e.